The average molecular weight is 567 g/mol. The molecule has 0 atom stereocenters. The van der Waals surface area contributed by atoms with Crippen LogP contribution in [0.2, 0.25) is 0 Å². The number of carbonyl (C=O) groups excluding carboxylic acids is 2. The number of ether oxygens (including phenoxy) is 1. The molecule has 216 valence electrons. The van der Waals surface area contributed by atoms with Crippen LogP contribution in [-0.2, 0) is 30.7 Å². The third kappa shape index (κ3) is 5.18. The fourth-order valence-corrected chi connectivity index (χ4v) is 5.39. The van der Waals surface area contributed by atoms with Gasteiger partial charge in [0.2, 0.25) is 5.78 Å². The molecule has 5 rings (SSSR count). The van der Waals surface area contributed by atoms with Crippen LogP contribution in [0.25, 0.3) is 22.6 Å². The number of hydrogen-bond acceptors (Lipinski definition) is 7. The molecule has 0 unspecified atom stereocenters. The molecule has 2 aromatic carbocycles. The summed E-state index contributed by atoms with van der Waals surface area (Å²) < 4.78 is 7.31. The minimum Gasteiger partial charge on any atom is -0.454 e. The predicted molar refractivity (Wildman–Crippen MR) is 164 cm³/mol. The maximum absolute atomic E-state index is 13.6. The Morgan fingerprint density at radius 2 is 1.67 bits per heavy atom. The second-order valence-corrected chi connectivity index (χ2v) is 11.7. The van der Waals surface area contributed by atoms with Crippen LogP contribution in [0.4, 0.5) is 5.82 Å². The first kappa shape index (κ1) is 28.7. The highest BCUT2D eigenvalue weighted by Crippen LogP contribution is 2.36. The number of esters is 1. The van der Waals surface area contributed by atoms with E-state index >= 15 is 0 Å². The topological polar surface area (TPSA) is 126 Å². The Morgan fingerprint density at radius 1 is 0.976 bits per heavy atom. The third-order valence-corrected chi connectivity index (χ3v) is 7.82. The van der Waals surface area contributed by atoms with Crippen molar-refractivity contribution in [3.8, 4) is 0 Å². The molecule has 42 heavy (non-hydrogen) atoms. The van der Waals surface area contributed by atoms with E-state index < -0.39 is 35.2 Å². The Kier molecular flexibility index (Phi) is 7.45. The number of pyridine rings is 1. The SMILES string of the molecule is Cn1c(N)c(C(=O)COC(=O)c2c3c(nc4ccccc24)C(=Cc2ccc(C(C)(C)C)cc2)CCC3)c(=O)n(C)c1=O. The first-order valence-electron chi connectivity index (χ1n) is 13.9. The molecular weight excluding hydrogens is 532 g/mol. The van der Waals surface area contributed by atoms with Gasteiger partial charge in [-0.15, -0.1) is 0 Å². The Bertz CT molecular complexity index is 1890. The Hall–Kier alpha value is -4.79. The number of aromatic nitrogens is 3. The lowest BCUT2D eigenvalue weighted by Crippen LogP contribution is -2.42. The van der Waals surface area contributed by atoms with Gasteiger partial charge in [0.1, 0.15) is 11.4 Å². The molecule has 0 radical (unpaired) electrons. The molecule has 0 bridgehead atoms. The lowest BCUT2D eigenvalue weighted by Gasteiger charge is -2.23. The van der Waals surface area contributed by atoms with Crippen LogP contribution in [0.15, 0.2) is 58.1 Å². The molecule has 1 aliphatic rings. The standard InChI is InChI=1S/C33H34N4O5/c1-33(2,3)21-15-13-19(14-16-21)17-20-9-8-11-23-26(22-10-6-7-12-24(22)35-28(20)23)31(40)42-18-25(38)27-29(34)36(4)32(41)37(5)30(27)39/h6-7,10,12-17H,8-9,11,18,34H2,1-5H3. The number of nitrogens with zero attached hydrogens (tertiary/aromatic N) is 3. The largest absolute Gasteiger partial charge is 0.454 e. The van der Waals surface area contributed by atoms with Gasteiger partial charge in [-0.25, -0.2) is 14.6 Å². The normalized spacial score (nSPS) is 14.2. The van der Waals surface area contributed by atoms with Crippen molar-refractivity contribution in [1.82, 2.24) is 14.1 Å². The van der Waals surface area contributed by atoms with Crippen LogP contribution in [0.5, 0.6) is 0 Å². The summed E-state index contributed by atoms with van der Waals surface area (Å²) >= 11 is 0. The monoisotopic (exact) mass is 566 g/mol. The van der Waals surface area contributed by atoms with Gasteiger partial charge < -0.3 is 10.5 Å². The van der Waals surface area contributed by atoms with Crippen molar-refractivity contribution in [2.45, 2.75) is 45.4 Å². The smallest absolute Gasteiger partial charge is 0.339 e. The Balaban J connectivity index is 1.52. The zero-order valence-electron chi connectivity index (χ0n) is 24.5. The summed E-state index contributed by atoms with van der Waals surface area (Å²) in [5.41, 5.74) is 9.92. The van der Waals surface area contributed by atoms with E-state index in [4.69, 9.17) is 15.5 Å². The van der Waals surface area contributed by atoms with Gasteiger partial charge >= 0.3 is 11.7 Å². The summed E-state index contributed by atoms with van der Waals surface area (Å²) in [5.74, 6) is -1.75. The first-order valence-corrected chi connectivity index (χ1v) is 13.9. The molecule has 0 spiro atoms. The zero-order valence-corrected chi connectivity index (χ0v) is 24.5. The maximum atomic E-state index is 13.6. The molecule has 0 saturated heterocycles. The van der Waals surface area contributed by atoms with Crippen LogP contribution >= 0.6 is 0 Å². The number of ketones is 1. The minimum absolute atomic E-state index is 0.0516. The number of carbonyl (C=O) groups is 2. The number of para-hydroxylation sites is 1. The molecule has 0 amide bonds. The zero-order chi connectivity index (χ0) is 30.3. The lowest BCUT2D eigenvalue weighted by atomic mass is 9.85. The molecule has 0 fully saturated rings. The van der Waals surface area contributed by atoms with Gasteiger partial charge in [0.25, 0.3) is 5.56 Å². The van der Waals surface area contributed by atoms with Gasteiger partial charge in [-0.1, -0.05) is 63.2 Å². The number of hydrogen-bond donors (Lipinski definition) is 1. The van der Waals surface area contributed by atoms with E-state index in [1.54, 1.807) is 0 Å². The fourth-order valence-electron chi connectivity index (χ4n) is 5.39. The van der Waals surface area contributed by atoms with E-state index in [2.05, 4.69) is 51.1 Å². The molecule has 2 aromatic heterocycles. The van der Waals surface area contributed by atoms with Gasteiger partial charge in [-0.2, -0.15) is 0 Å². The van der Waals surface area contributed by atoms with Gasteiger partial charge in [0.05, 0.1) is 16.8 Å². The van der Waals surface area contributed by atoms with Crippen molar-refractivity contribution in [1.29, 1.82) is 0 Å². The average Bonchev–Trinajstić information content (AvgIpc) is 2.97. The van der Waals surface area contributed by atoms with Gasteiger partial charge in [0.15, 0.2) is 6.61 Å². The van der Waals surface area contributed by atoms with Crippen molar-refractivity contribution in [2.24, 2.45) is 14.1 Å². The number of allylic oxidation sites excluding steroid dienone is 1. The molecule has 1 aliphatic carbocycles. The van der Waals surface area contributed by atoms with Gasteiger partial charge in [0, 0.05) is 19.5 Å². The number of fused-ring (bicyclic) bond motifs is 2. The quantitative estimate of drug-likeness (QED) is 0.280. The number of anilines is 1. The minimum atomic E-state index is -0.839. The molecule has 4 aromatic rings. The van der Waals surface area contributed by atoms with Crippen LogP contribution in [-0.4, -0.2) is 32.5 Å². The van der Waals surface area contributed by atoms with Crippen LogP contribution in [0, 0.1) is 0 Å². The molecule has 2 N–H and O–H groups in total. The third-order valence-electron chi connectivity index (χ3n) is 7.82. The van der Waals surface area contributed by atoms with Crippen LogP contribution < -0.4 is 17.0 Å². The van der Waals surface area contributed by atoms with E-state index in [1.165, 1.54) is 19.7 Å². The van der Waals surface area contributed by atoms with E-state index in [9.17, 15) is 19.2 Å². The van der Waals surface area contributed by atoms with Crippen molar-refractivity contribution < 1.29 is 14.3 Å². The molecular formula is C33H34N4O5. The summed E-state index contributed by atoms with van der Waals surface area (Å²) in [4.78, 5) is 56.4. The molecule has 2 heterocycles. The highest BCUT2D eigenvalue weighted by Gasteiger charge is 2.28. The maximum Gasteiger partial charge on any atom is 0.339 e. The van der Waals surface area contributed by atoms with E-state index in [1.807, 2.05) is 24.3 Å². The first-order chi connectivity index (χ1) is 19.9. The second kappa shape index (κ2) is 10.9. The highest BCUT2D eigenvalue weighted by atomic mass is 16.5. The lowest BCUT2D eigenvalue weighted by molar-refractivity contribution is 0.0475. The van der Waals surface area contributed by atoms with Gasteiger partial charge in [-0.3, -0.25) is 18.7 Å². The van der Waals surface area contributed by atoms with Crippen molar-refractivity contribution in [3.63, 3.8) is 0 Å². The van der Waals surface area contributed by atoms with Crippen LogP contribution in [0.1, 0.15) is 76.7 Å². The summed E-state index contributed by atoms with van der Waals surface area (Å²) in [5, 5.41) is 0.627. The summed E-state index contributed by atoms with van der Waals surface area (Å²) in [6, 6.07) is 15.8. The summed E-state index contributed by atoms with van der Waals surface area (Å²) in [6.07, 6.45) is 4.37. The van der Waals surface area contributed by atoms with Crippen molar-refractivity contribution in [3.05, 3.63) is 103 Å². The summed E-state index contributed by atoms with van der Waals surface area (Å²) in [7, 11) is 2.62. The van der Waals surface area contributed by atoms with Gasteiger partial charge in [-0.05, 0) is 59.1 Å². The summed E-state index contributed by atoms with van der Waals surface area (Å²) in [6.45, 7) is 5.83. The number of Topliss-reactive ketones (excluding diaryl/α,β-unsaturated/α-hetero) is 1. The number of rotatable bonds is 5. The van der Waals surface area contributed by atoms with Crippen LogP contribution in [0.3, 0.4) is 0 Å². The van der Waals surface area contributed by atoms with Crippen molar-refractivity contribution in [2.75, 3.05) is 12.3 Å². The molecule has 0 saturated carbocycles. The molecule has 9 nitrogen and oxygen atoms in total. The number of nitrogens with two attached hydrogens (primary N) is 1. The molecule has 0 aliphatic heterocycles. The van der Waals surface area contributed by atoms with E-state index in [0.29, 0.717) is 22.9 Å². The predicted octanol–water partition coefficient (Wildman–Crippen LogP) is 4.43. The number of benzene rings is 2. The Labute approximate surface area is 243 Å². The van der Waals surface area contributed by atoms with E-state index in [0.717, 1.165) is 44.4 Å². The van der Waals surface area contributed by atoms with Crippen molar-refractivity contribution >= 4 is 40.1 Å². The number of nitrogen functional groups attached to an aromatic ring is 1. The highest BCUT2D eigenvalue weighted by molar-refractivity contribution is 6.08. The Morgan fingerprint density at radius 3 is 2.36 bits per heavy atom. The molecule has 9 heteroatoms. The fraction of sp³-hybridized carbons (Fsp3) is 0.303. The second-order valence-electron chi connectivity index (χ2n) is 11.7. The van der Waals surface area contributed by atoms with E-state index in [-0.39, 0.29) is 11.2 Å².